The normalized spacial score (nSPS) is 16.0. The lowest BCUT2D eigenvalue weighted by molar-refractivity contribution is 0.0678. The number of fused-ring (bicyclic) bond motifs is 1. The smallest absolute Gasteiger partial charge is 0.242 e. The summed E-state index contributed by atoms with van der Waals surface area (Å²) in [5.74, 6) is 0.476. The van der Waals surface area contributed by atoms with Crippen LogP contribution in [0.25, 0.3) is 16.8 Å². The van der Waals surface area contributed by atoms with Crippen molar-refractivity contribution in [1.29, 1.82) is 0 Å². The molecule has 10 heteroatoms. The number of hydrogen-bond acceptors (Lipinski definition) is 7. The van der Waals surface area contributed by atoms with E-state index in [2.05, 4.69) is 19.8 Å². The van der Waals surface area contributed by atoms with Crippen LogP contribution >= 0.6 is 0 Å². The molecule has 1 fully saturated rings. The summed E-state index contributed by atoms with van der Waals surface area (Å²) < 4.78 is 34.8. The number of nitrogens with two attached hydrogens (primary N) is 1. The first-order valence-electron chi connectivity index (χ1n) is 8.66. The van der Waals surface area contributed by atoms with Crippen LogP contribution in [0.5, 0.6) is 0 Å². The van der Waals surface area contributed by atoms with Gasteiger partial charge in [-0.05, 0) is 37.0 Å². The number of sulfonamides is 1. The molecule has 0 amide bonds. The maximum atomic E-state index is 12.6. The Hall–Kier alpha value is -2.56. The Morgan fingerprint density at radius 2 is 2.04 bits per heavy atom. The fourth-order valence-corrected chi connectivity index (χ4v) is 4.16. The fourth-order valence-electron chi connectivity index (χ4n) is 3.06. The first-order chi connectivity index (χ1) is 13.0. The molecule has 0 saturated carbocycles. The van der Waals surface area contributed by atoms with E-state index in [1.54, 1.807) is 29.0 Å². The maximum absolute atomic E-state index is 12.6. The van der Waals surface area contributed by atoms with Crippen molar-refractivity contribution in [2.75, 3.05) is 25.5 Å². The molecule has 4 rings (SSSR count). The van der Waals surface area contributed by atoms with Gasteiger partial charge in [0.05, 0.1) is 0 Å². The Bertz CT molecular complexity index is 1060. The van der Waals surface area contributed by atoms with Gasteiger partial charge in [-0.3, -0.25) is 4.98 Å². The molecule has 3 aromatic rings. The molecule has 0 atom stereocenters. The molecule has 142 valence electrons. The third kappa shape index (κ3) is 3.92. The average Bonchev–Trinajstić information content (AvgIpc) is 3.06. The topological polar surface area (TPSA) is 124 Å². The molecular formula is C17H20N6O3S. The number of nitrogens with zero attached hydrogens (tertiary/aromatic N) is 4. The lowest BCUT2D eigenvalue weighted by atomic mass is 10.0. The largest absolute Gasteiger partial charge is 0.381 e. The highest BCUT2D eigenvalue weighted by Crippen LogP contribution is 2.22. The summed E-state index contributed by atoms with van der Waals surface area (Å²) in [5.41, 5.74) is 7.65. The van der Waals surface area contributed by atoms with Crippen LogP contribution in [0.3, 0.4) is 0 Å². The van der Waals surface area contributed by atoms with Gasteiger partial charge >= 0.3 is 0 Å². The Balaban J connectivity index is 1.56. The standard InChI is InChI=1S/C17H20N6O3S/c18-17-21-16-2-1-13(11-23(16)22-17)14-7-15(10-19-9-14)27(24,25)20-8-12-3-5-26-6-4-12/h1-2,7,9-12,20H,3-6,8H2,(H2,18,22). The molecule has 0 bridgehead atoms. The third-order valence-corrected chi connectivity index (χ3v) is 6.00. The summed E-state index contributed by atoms with van der Waals surface area (Å²) in [6.07, 6.45) is 6.42. The predicted molar refractivity (Wildman–Crippen MR) is 99.4 cm³/mol. The molecule has 3 aromatic heterocycles. The summed E-state index contributed by atoms with van der Waals surface area (Å²) in [6.45, 7) is 1.76. The molecule has 0 aliphatic carbocycles. The van der Waals surface area contributed by atoms with Gasteiger partial charge in [0.25, 0.3) is 0 Å². The average molecular weight is 388 g/mol. The molecule has 0 aromatic carbocycles. The van der Waals surface area contributed by atoms with Gasteiger partial charge in [0.2, 0.25) is 16.0 Å². The van der Waals surface area contributed by atoms with E-state index in [4.69, 9.17) is 10.5 Å². The van der Waals surface area contributed by atoms with Gasteiger partial charge in [-0.15, -0.1) is 5.10 Å². The zero-order valence-corrected chi connectivity index (χ0v) is 15.4. The van der Waals surface area contributed by atoms with E-state index in [9.17, 15) is 8.42 Å². The van der Waals surface area contributed by atoms with Crippen molar-refractivity contribution in [2.24, 2.45) is 5.92 Å². The van der Waals surface area contributed by atoms with Gasteiger partial charge in [0.15, 0.2) is 5.65 Å². The molecule has 0 radical (unpaired) electrons. The minimum atomic E-state index is -3.64. The van der Waals surface area contributed by atoms with Gasteiger partial charge < -0.3 is 10.5 Å². The second-order valence-corrected chi connectivity index (χ2v) is 8.27. The number of aromatic nitrogens is 4. The number of rotatable bonds is 5. The van der Waals surface area contributed by atoms with E-state index in [-0.39, 0.29) is 10.8 Å². The van der Waals surface area contributed by atoms with Crippen molar-refractivity contribution in [3.8, 4) is 11.1 Å². The number of ether oxygens (including phenoxy) is 1. The lowest BCUT2D eigenvalue weighted by Gasteiger charge is -2.22. The van der Waals surface area contributed by atoms with Gasteiger partial charge in [0, 0.05) is 49.5 Å². The van der Waals surface area contributed by atoms with Crippen LogP contribution in [-0.4, -0.2) is 47.8 Å². The summed E-state index contributed by atoms with van der Waals surface area (Å²) in [4.78, 5) is 8.30. The van der Waals surface area contributed by atoms with Crippen molar-refractivity contribution in [1.82, 2.24) is 24.3 Å². The van der Waals surface area contributed by atoms with Crippen molar-refractivity contribution in [2.45, 2.75) is 17.7 Å². The molecule has 4 heterocycles. The van der Waals surface area contributed by atoms with E-state index in [1.807, 2.05) is 6.07 Å². The Morgan fingerprint density at radius 1 is 1.22 bits per heavy atom. The summed E-state index contributed by atoms with van der Waals surface area (Å²) >= 11 is 0. The second kappa shape index (κ2) is 7.22. The molecular weight excluding hydrogens is 368 g/mol. The number of anilines is 1. The fraction of sp³-hybridized carbons (Fsp3) is 0.353. The van der Waals surface area contributed by atoms with Crippen LogP contribution in [-0.2, 0) is 14.8 Å². The van der Waals surface area contributed by atoms with E-state index in [1.165, 1.54) is 6.20 Å². The molecule has 1 aliphatic heterocycles. The van der Waals surface area contributed by atoms with Gasteiger partial charge in [-0.25, -0.2) is 17.7 Å². The number of hydrogen-bond donors (Lipinski definition) is 2. The van der Waals surface area contributed by atoms with E-state index in [0.29, 0.717) is 36.9 Å². The number of nitrogens with one attached hydrogen (secondary N) is 1. The second-order valence-electron chi connectivity index (χ2n) is 6.51. The van der Waals surface area contributed by atoms with E-state index >= 15 is 0 Å². The Labute approximate surface area is 156 Å². The van der Waals surface area contributed by atoms with E-state index in [0.717, 1.165) is 18.4 Å². The van der Waals surface area contributed by atoms with Gasteiger partial charge in [0.1, 0.15) is 4.90 Å². The Kier molecular flexibility index (Phi) is 4.77. The zero-order chi connectivity index (χ0) is 18.9. The maximum Gasteiger partial charge on any atom is 0.242 e. The minimum Gasteiger partial charge on any atom is -0.381 e. The first kappa shape index (κ1) is 17.8. The summed E-state index contributed by atoms with van der Waals surface area (Å²) in [6, 6.07) is 5.19. The minimum absolute atomic E-state index is 0.130. The number of pyridine rings is 2. The van der Waals surface area contributed by atoms with Gasteiger partial charge in [-0.2, -0.15) is 4.98 Å². The zero-order valence-electron chi connectivity index (χ0n) is 14.6. The molecule has 1 aliphatic rings. The first-order valence-corrected chi connectivity index (χ1v) is 10.1. The van der Waals surface area contributed by atoms with Crippen LogP contribution in [0.4, 0.5) is 5.95 Å². The molecule has 1 saturated heterocycles. The van der Waals surface area contributed by atoms with Crippen molar-refractivity contribution in [3.63, 3.8) is 0 Å². The van der Waals surface area contributed by atoms with Crippen molar-refractivity contribution >= 4 is 21.6 Å². The van der Waals surface area contributed by atoms with Gasteiger partial charge in [-0.1, -0.05) is 0 Å². The Morgan fingerprint density at radius 3 is 2.85 bits per heavy atom. The monoisotopic (exact) mass is 388 g/mol. The van der Waals surface area contributed by atoms with Crippen LogP contribution in [0.15, 0.2) is 41.7 Å². The van der Waals surface area contributed by atoms with Crippen LogP contribution < -0.4 is 10.5 Å². The predicted octanol–water partition coefficient (Wildman–Crippen LogP) is 1.08. The number of nitrogen functional groups attached to an aromatic ring is 1. The van der Waals surface area contributed by atoms with Crippen LogP contribution in [0.1, 0.15) is 12.8 Å². The quantitative estimate of drug-likeness (QED) is 0.670. The highest BCUT2D eigenvalue weighted by molar-refractivity contribution is 7.89. The molecule has 9 nitrogen and oxygen atoms in total. The van der Waals surface area contributed by atoms with Crippen molar-refractivity contribution < 1.29 is 13.2 Å². The van der Waals surface area contributed by atoms with E-state index < -0.39 is 10.0 Å². The molecule has 0 spiro atoms. The molecule has 27 heavy (non-hydrogen) atoms. The summed E-state index contributed by atoms with van der Waals surface area (Å²) in [5, 5.41) is 4.07. The highest BCUT2D eigenvalue weighted by Gasteiger charge is 2.20. The molecule has 3 N–H and O–H groups in total. The lowest BCUT2D eigenvalue weighted by Crippen LogP contribution is -2.32. The van der Waals surface area contributed by atoms with Crippen LogP contribution in [0.2, 0.25) is 0 Å². The molecule has 0 unspecified atom stereocenters. The third-order valence-electron chi connectivity index (χ3n) is 4.61. The SMILES string of the molecule is Nc1nc2ccc(-c3cncc(S(=O)(=O)NCC4CCOCC4)c3)cn2n1. The highest BCUT2D eigenvalue weighted by atomic mass is 32.2. The summed E-state index contributed by atoms with van der Waals surface area (Å²) in [7, 11) is -3.64. The van der Waals surface area contributed by atoms with Crippen LogP contribution in [0, 0.1) is 5.92 Å². The van der Waals surface area contributed by atoms with Crippen molar-refractivity contribution in [3.05, 3.63) is 36.8 Å².